The predicted molar refractivity (Wildman–Crippen MR) is 73.3 cm³/mol. The molecule has 3 heteroatoms. The van der Waals surface area contributed by atoms with E-state index in [1.807, 2.05) is 31.2 Å². The minimum Gasteiger partial charge on any atom is -0.385 e. The Bertz CT molecular complexity index is 350. The number of hydrogen-bond donors (Lipinski definition) is 2. The molecule has 0 radical (unpaired) electrons. The number of nitrogens with one attached hydrogen (secondary N) is 1. The van der Waals surface area contributed by atoms with Crippen molar-refractivity contribution in [2.75, 3.05) is 13.1 Å². The Morgan fingerprint density at radius 1 is 1.41 bits per heavy atom. The number of benzene rings is 1. The van der Waals surface area contributed by atoms with E-state index in [0.29, 0.717) is 17.4 Å². The maximum Gasteiger partial charge on any atom is 0.0881 e. The molecule has 1 aromatic carbocycles. The minimum atomic E-state index is -0.825. The van der Waals surface area contributed by atoms with Gasteiger partial charge < -0.3 is 10.4 Å². The van der Waals surface area contributed by atoms with Gasteiger partial charge in [-0.25, -0.2) is 0 Å². The van der Waals surface area contributed by atoms with E-state index in [-0.39, 0.29) is 0 Å². The van der Waals surface area contributed by atoms with E-state index in [4.69, 9.17) is 11.6 Å². The summed E-state index contributed by atoms with van der Waals surface area (Å²) >= 11 is 5.93. The first-order chi connectivity index (χ1) is 7.92. The zero-order chi connectivity index (χ0) is 12.9. The molecule has 1 aromatic rings. The van der Waals surface area contributed by atoms with Crippen molar-refractivity contribution in [2.24, 2.45) is 5.92 Å². The first-order valence-corrected chi connectivity index (χ1v) is 6.49. The first kappa shape index (κ1) is 14.5. The van der Waals surface area contributed by atoms with Gasteiger partial charge in [-0.15, -0.1) is 0 Å². The Balaban J connectivity index is 2.50. The van der Waals surface area contributed by atoms with Gasteiger partial charge in [-0.2, -0.15) is 0 Å². The van der Waals surface area contributed by atoms with E-state index in [1.165, 1.54) is 0 Å². The van der Waals surface area contributed by atoms with Crippen LogP contribution in [0, 0.1) is 5.92 Å². The molecule has 0 fully saturated rings. The van der Waals surface area contributed by atoms with Crippen LogP contribution in [-0.2, 0) is 5.60 Å². The van der Waals surface area contributed by atoms with Crippen LogP contribution in [0.25, 0.3) is 0 Å². The summed E-state index contributed by atoms with van der Waals surface area (Å²) < 4.78 is 0. The topological polar surface area (TPSA) is 32.3 Å². The molecule has 0 spiro atoms. The van der Waals surface area contributed by atoms with Gasteiger partial charge in [0.1, 0.15) is 0 Å². The van der Waals surface area contributed by atoms with Gasteiger partial charge in [-0.3, -0.25) is 0 Å². The summed E-state index contributed by atoms with van der Waals surface area (Å²) in [6.07, 6.45) is 0.681. The second-order valence-electron chi connectivity index (χ2n) is 5.13. The highest BCUT2D eigenvalue weighted by molar-refractivity contribution is 6.30. The van der Waals surface area contributed by atoms with Crippen molar-refractivity contribution in [3.8, 4) is 0 Å². The van der Waals surface area contributed by atoms with Gasteiger partial charge in [0.05, 0.1) is 5.60 Å². The van der Waals surface area contributed by atoms with Gasteiger partial charge in [0.25, 0.3) is 0 Å². The van der Waals surface area contributed by atoms with Crippen LogP contribution in [0.4, 0.5) is 0 Å². The number of aliphatic hydroxyl groups is 1. The van der Waals surface area contributed by atoms with E-state index in [1.54, 1.807) is 0 Å². The van der Waals surface area contributed by atoms with E-state index < -0.39 is 5.60 Å². The predicted octanol–water partition coefficient (Wildman–Crippen LogP) is 3.18. The lowest BCUT2D eigenvalue weighted by Crippen LogP contribution is -2.29. The average molecular weight is 256 g/mol. The smallest absolute Gasteiger partial charge is 0.0881 e. The van der Waals surface area contributed by atoms with Crippen LogP contribution < -0.4 is 5.32 Å². The SMILES string of the molecule is CC(C)CNCCC(C)(O)c1cccc(Cl)c1. The van der Waals surface area contributed by atoms with Crippen LogP contribution in [0.2, 0.25) is 5.02 Å². The Kier molecular flexibility index (Phi) is 5.44. The summed E-state index contributed by atoms with van der Waals surface area (Å²) in [7, 11) is 0. The van der Waals surface area contributed by atoms with Crippen molar-refractivity contribution >= 4 is 11.6 Å². The van der Waals surface area contributed by atoms with E-state index in [2.05, 4.69) is 19.2 Å². The molecule has 0 aliphatic heterocycles. The molecule has 1 rings (SSSR count). The van der Waals surface area contributed by atoms with Crippen molar-refractivity contribution in [3.63, 3.8) is 0 Å². The first-order valence-electron chi connectivity index (χ1n) is 6.11. The number of hydrogen-bond acceptors (Lipinski definition) is 2. The lowest BCUT2D eigenvalue weighted by atomic mass is 9.92. The van der Waals surface area contributed by atoms with Crippen LogP contribution >= 0.6 is 11.6 Å². The quantitative estimate of drug-likeness (QED) is 0.766. The van der Waals surface area contributed by atoms with Gasteiger partial charge in [0.15, 0.2) is 0 Å². The third kappa shape index (κ3) is 5.07. The molecular formula is C14H22ClNO. The Hall–Kier alpha value is -0.570. The molecule has 0 aliphatic rings. The molecule has 1 atom stereocenters. The Morgan fingerprint density at radius 2 is 2.12 bits per heavy atom. The zero-order valence-electron chi connectivity index (χ0n) is 10.8. The van der Waals surface area contributed by atoms with Crippen LogP contribution in [0.5, 0.6) is 0 Å². The van der Waals surface area contributed by atoms with Gasteiger partial charge in [-0.1, -0.05) is 37.6 Å². The number of halogens is 1. The Labute approximate surface area is 109 Å². The summed E-state index contributed by atoms with van der Waals surface area (Å²) in [6.45, 7) is 7.95. The fourth-order valence-corrected chi connectivity index (χ4v) is 1.88. The van der Waals surface area contributed by atoms with Crippen LogP contribution in [0.15, 0.2) is 24.3 Å². The highest BCUT2D eigenvalue weighted by atomic mass is 35.5. The standard InChI is InChI=1S/C14H22ClNO/c1-11(2)10-16-8-7-14(3,17)12-5-4-6-13(15)9-12/h4-6,9,11,16-17H,7-8,10H2,1-3H3. The monoisotopic (exact) mass is 255 g/mol. The van der Waals surface area contributed by atoms with Crippen molar-refractivity contribution in [2.45, 2.75) is 32.8 Å². The molecule has 2 N–H and O–H groups in total. The van der Waals surface area contributed by atoms with Gasteiger partial charge in [-0.05, 0) is 50.0 Å². The third-order valence-corrected chi connectivity index (χ3v) is 3.02. The third-order valence-electron chi connectivity index (χ3n) is 2.79. The molecule has 0 heterocycles. The molecule has 96 valence electrons. The molecule has 0 bridgehead atoms. The van der Waals surface area contributed by atoms with E-state index >= 15 is 0 Å². The number of rotatable bonds is 6. The molecule has 0 amide bonds. The summed E-state index contributed by atoms with van der Waals surface area (Å²) in [6, 6.07) is 7.42. The summed E-state index contributed by atoms with van der Waals surface area (Å²) in [4.78, 5) is 0. The second kappa shape index (κ2) is 6.39. The normalized spacial score (nSPS) is 14.9. The summed E-state index contributed by atoms with van der Waals surface area (Å²) in [5.41, 5.74) is 0.0471. The molecule has 2 nitrogen and oxygen atoms in total. The maximum absolute atomic E-state index is 10.4. The largest absolute Gasteiger partial charge is 0.385 e. The Morgan fingerprint density at radius 3 is 2.71 bits per heavy atom. The zero-order valence-corrected chi connectivity index (χ0v) is 11.6. The lowest BCUT2D eigenvalue weighted by molar-refractivity contribution is 0.0478. The molecule has 0 saturated carbocycles. The van der Waals surface area contributed by atoms with Gasteiger partial charge >= 0.3 is 0 Å². The fraction of sp³-hybridized carbons (Fsp3) is 0.571. The summed E-state index contributed by atoms with van der Waals surface area (Å²) in [5, 5.41) is 14.4. The maximum atomic E-state index is 10.4. The molecule has 17 heavy (non-hydrogen) atoms. The fourth-order valence-electron chi connectivity index (χ4n) is 1.69. The molecule has 0 aromatic heterocycles. The second-order valence-corrected chi connectivity index (χ2v) is 5.57. The average Bonchev–Trinajstić information content (AvgIpc) is 2.24. The molecular weight excluding hydrogens is 234 g/mol. The van der Waals surface area contributed by atoms with Gasteiger partial charge in [0, 0.05) is 5.02 Å². The van der Waals surface area contributed by atoms with E-state index in [0.717, 1.165) is 18.7 Å². The van der Waals surface area contributed by atoms with Crippen LogP contribution in [0.1, 0.15) is 32.8 Å². The van der Waals surface area contributed by atoms with Crippen LogP contribution in [0.3, 0.4) is 0 Å². The van der Waals surface area contributed by atoms with Crippen molar-refractivity contribution in [3.05, 3.63) is 34.9 Å². The van der Waals surface area contributed by atoms with E-state index in [9.17, 15) is 5.11 Å². The van der Waals surface area contributed by atoms with Crippen molar-refractivity contribution in [1.29, 1.82) is 0 Å². The molecule has 0 aliphatic carbocycles. The minimum absolute atomic E-state index is 0.631. The van der Waals surface area contributed by atoms with Gasteiger partial charge in [0.2, 0.25) is 0 Å². The van der Waals surface area contributed by atoms with Crippen molar-refractivity contribution < 1.29 is 5.11 Å². The molecule has 1 unspecified atom stereocenters. The highest BCUT2D eigenvalue weighted by Crippen LogP contribution is 2.26. The van der Waals surface area contributed by atoms with Crippen LogP contribution in [-0.4, -0.2) is 18.2 Å². The van der Waals surface area contributed by atoms with Crippen molar-refractivity contribution in [1.82, 2.24) is 5.32 Å². The highest BCUT2D eigenvalue weighted by Gasteiger charge is 2.22. The lowest BCUT2D eigenvalue weighted by Gasteiger charge is -2.24. The molecule has 0 saturated heterocycles. The summed E-state index contributed by atoms with van der Waals surface area (Å²) in [5.74, 6) is 0.631.